The van der Waals surface area contributed by atoms with Gasteiger partial charge < -0.3 is 16.4 Å². The van der Waals surface area contributed by atoms with Gasteiger partial charge in [0.2, 0.25) is 0 Å². The number of alkyl halides is 3. The molecule has 116 valence electrons. The monoisotopic (exact) mass is 329 g/mol. The fraction of sp³-hybridized carbons (Fsp3) is 0.0714. The maximum Gasteiger partial charge on any atom is 0.416 e. The Morgan fingerprint density at radius 1 is 1.00 bits per heavy atom. The Kier molecular flexibility index (Phi) is 4.46. The number of rotatable bonds is 2. The zero-order chi connectivity index (χ0) is 16.3. The molecule has 0 fully saturated rings. The van der Waals surface area contributed by atoms with Crippen molar-refractivity contribution < 1.29 is 18.0 Å². The summed E-state index contributed by atoms with van der Waals surface area (Å²) in [6.07, 6.45) is -4.42. The van der Waals surface area contributed by atoms with Gasteiger partial charge in [0.05, 0.1) is 16.3 Å². The number of nitrogens with two attached hydrogens (primary N) is 1. The molecular weight excluding hydrogens is 319 g/mol. The Hall–Kier alpha value is -2.41. The highest BCUT2D eigenvalue weighted by Gasteiger charge is 2.29. The summed E-state index contributed by atoms with van der Waals surface area (Å²) >= 11 is 5.81. The molecule has 0 radical (unpaired) electrons. The summed E-state index contributed by atoms with van der Waals surface area (Å²) in [5, 5.41) is 5.19. The molecule has 0 spiro atoms. The van der Waals surface area contributed by atoms with Crippen molar-refractivity contribution in [3.05, 3.63) is 53.1 Å². The molecule has 0 saturated carbocycles. The first-order valence-corrected chi connectivity index (χ1v) is 6.44. The maximum atomic E-state index is 12.4. The molecule has 4 nitrogen and oxygen atoms in total. The van der Waals surface area contributed by atoms with Gasteiger partial charge in [0.15, 0.2) is 0 Å². The largest absolute Gasteiger partial charge is 0.416 e. The van der Waals surface area contributed by atoms with E-state index in [1.54, 1.807) is 6.07 Å². The predicted octanol–water partition coefficient (Wildman–Crippen LogP) is 4.59. The fourth-order valence-corrected chi connectivity index (χ4v) is 1.82. The van der Waals surface area contributed by atoms with Crippen molar-refractivity contribution >= 4 is 34.7 Å². The molecule has 0 atom stereocenters. The minimum atomic E-state index is -4.42. The maximum absolute atomic E-state index is 12.4. The lowest BCUT2D eigenvalue weighted by atomic mass is 10.2. The molecule has 2 rings (SSSR count). The number of amides is 2. The van der Waals surface area contributed by atoms with Gasteiger partial charge in [-0.1, -0.05) is 11.6 Å². The van der Waals surface area contributed by atoms with Crippen LogP contribution in [-0.4, -0.2) is 6.03 Å². The quantitative estimate of drug-likeness (QED) is 0.706. The van der Waals surface area contributed by atoms with Crippen molar-refractivity contribution in [2.45, 2.75) is 6.18 Å². The second-order valence-electron chi connectivity index (χ2n) is 4.39. The van der Waals surface area contributed by atoms with Crippen LogP contribution >= 0.6 is 11.6 Å². The first-order valence-electron chi connectivity index (χ1n) is 6.06. The van der Waals surface area contributed by atoms with Crippen LogP contribution in [0.2, 0.25) is 5.02 Å². The number of anilines is 3. The molecule has 0 aliphatic rings. The highest BCUT2D eigenvalue weighted by atomic mass is 35.5. The lowest BCUT2D eigenvalue weighted by Gasteiger charge is -2.10. The molecule has 0 aliphatic heterocycles. The van der Waals surface area contributed by atoms with Crippen molar-refractivity contribution in [1.29, 1.82) is 0 Å². The number of hydrogen-bond donors (Lipinski definition) is 3. The zero-order valence-corrected chi connectivity index (χ0v) is 11.8. The Bertz CT molecular complexity index is 687. The van der Waals surface area contributed by atoms with Gasteiger partial charge in [-0.25, -0.2) is 4.79 Å². The highest BCUT2D eigenvalue weighted by Crippen LogP contribution is 2.29. The van der Waals surface area contributed by atoms with E-state index < -0.39 is 17.8 Å². The number of nitrogen functional groups attached to an aromatic ring is 1. The molecule has 2 aromatic carbocycles. The molecule has 0 bridgehead atoms. The van der Waals surface area contributed by atoms with Gasteiger partial charge >= 0.3 is 12.2 Å². The van der Waals surface area contributed by atoms with Gasteiger partial charge in [0.1, 0.15) is 0 Å². The molecule has 4 N–H and O–H groups in total. The molecule has 22 heavy (non-hydrogen) atoms. The lowest BCUT2D eigenvalue weighted by Crippen LogP contribution is -2.19. The van der Waals surface area contributed by atoms with Crippen molar-refractivity contribution in [3.63, 3.8) is 0 Å². The van der Waals surface area contributed by atoms with E-state index in [0.717, 1.165) is 12.1 Å². The number of nitrogens with one attached hydrogen (secondary N) is 2. The van der Waals surface area contributed by atoms with E-state index in [1.807, 2.05) is 0 Å². The number of halogens is 4. The van der Waals surface area contributed by atoms with E-state index >= 15 is 0 Å². The average Bonchev–Trinajstić information content (AvgIpc) is 2.42. The summed E-state index contributed by atoms with van der Waals surface area (Å²) in [6, 6.07) is 8.02. The van der Waals surface area contributed by atoms with Crippen molar-refractivity contribution in [1.82, 2.24) is 0 Å². The van der Waals surface area contributed by atoms with Crippen LogP contribution in [0.5, 0.6) is 0 Å². The molecule has 0 unspecified atom stereocenters. The first kappa shape index (κ1) is 16.0. The standard InChI is InChI=1S/C14H11ClF3N3O/c15-11-7-10(5-6-12(11)19)21-13(22)20-9-3-1-8(2-4-9)14(16,17)18/h1-7H,19H2,(H2,20,21,22). The van der Waals surface area contributed by atoms with Crippen molar-refractivity contribution in [2.24, 2.45) is 0 Å². The van der Waals surface area contributed by atoms with E-state index in [4.69, 9.17) is 17.3 Å². The van der Waals surface area contributed by atoms with E-state index in [1.165, 1.54) is 24.3 Å². The minimum Gasteiger partial charge on any atom is -0.398 e. The topological polar surface area (TPSA) is 67.1 Å². The average molecular weight is 330 g/mol. The SMILES string of the molecule is Nc1ccc(NC(=O)Nc2ccc(C(F)(F)F)cc2)cc1Cl. The second-order valence-corrected chi connectivity index (χ2v) is 4.80. The Labute approximate surface area is 129 Å². The van der Waals surface area contributed by atoms with E-state index in [2.05, 4.69) is 10.6 Å². The summed E-state index contributed by atoms with van der Waals surface area (Å²) in [5.74, 6) is 0. The van der Waals surface area contributed by atoms with Crippen LogP contribution in [-0.2, 0) is 6.18 Å². The molecule has 0 aromatic heterocycles. The summed E-state index contributed by atoms with van der Waals surface area (Å²) in [4.78, 5) is 11.7. The Balaban J connectivity index is 2.01. The number of hydrogen-bond acceptors (Lipinski definition) is 2. The van der Waals surface area contributed by atoms with Gasteiger partial charge in [-0.05, 0) is 42.5 Å². The molecule has 8 heteroatoms. The van der Waals surface area contributed by atoms with E-state index in [-0.39, 0.29) is 10.7 Å². The van der Waals surface area contributed by atoms with Crippen LogP contribution < -0.4 is 16.4 Å². The van der Waals surface area contributed by atoms with Gasteiger partial charge in [-0.15, -0.1) is 0 Å². The summed E-state index contributed by atoms with van der Waals surface area (Å²) in [6.45, 7) is 0. The zero-order valence-electron chi connectivity index (χ0n) is 11.0. The number of carbonyl (C=O) groups is 1. The van der Waals surface area contributed by atoms with Gasteiger partial charge in [-0.3, -0.25) is 0 Å². The Morgan fingerprint density at radius 3 is 2.09 bits per heavy atom. The third-order valence-corrected chi connectivity index (χ3v) is 3.06. The van der Waals surface area contributed by atoms with Crippen molar-refractivity contribution in [2.75, 3.05) is 16.4 Å². The van der Waals surface area contributed by atoms with Crippen molar-refractivity contribution in [3.8, 4) is 0 Å². The number of benzene rings is 2. The molecule has 2 amide bonds. The van der Waals surface area contributed by atoms with E-state index in [9.17, 15) is 18.0 Å². The van der Waals surface area contributed by atoms with Gasteiger partial charge in [0, 0.05) is 11.4 Å². The summed E-state index contributed by atoms with van der Waals surface area (Å²) < 4.78 is 37.3. The van der Waals surface area contributed by atoms with Crippen LogP contribution in [0.4, 0.5) is 35.0 Å². The van der Waals surface area contributed by atoms with Gasteiger partial charge in [-0.2, -0.15) is 13.2 Å². The number of urea groups is 1. The summed E-state index contributed by atoms with van der Waals surface area (Å²) in [7, 11) is 0. The molecular formula is C14H11ClF3N3O. The molecule has 0 saturated heterocycles. The first-order chi connectivity index (χ1) is 10.3. The summed E-state index contributed by atoms with van der Waals surface area (Å²) in [5.41, 5.74) is 5.76. The van der Waals surface area contributed by atoms with Crippen LogP contribution in [0, 0.1) is 0 Å². The Morgan fingerprint density at radius 2 is 1.55 bits per heavy atom. The van der Waals surface area contributed by atoms with Gasteiger partial charge in [0.25, 0.3) is 0 Å². The molecule has 2 aromatic rings. The fourth-order valence-electron chi connectivity index (χ4n) is 1.64. The smallest absolute Gasteiger partial charge is 0.398 e. The third-order valence-electron chi connectivity index (χ3n) is 2.73. The van der Waals surface area contributed by atoms with E-state index in [0.29, 0.717) is 11.4 Å². The minimum absolute atomic E-state index is 0.229. The number of carbonyl (C=O) groups excluding carboxylic acids is 1. The highest BCUT2D eigenvalue weighted by molar-refractivity contribution is 6.33. The van der Waals surface area contributed by atoms with Crippen LogP contribution in [0.15, 0.2) is 42.5 Å². The van der Waals surface area contributed by atoms with Crippen LogP contribution in [0.3, 0.4) is 0 Å². The lowest BCUT2D eigenvalue weighted by molar-refractivity contribution is -0.137. The molecule has 0 aliphatic carbocycles. The second kappa shape index (κ2) is 6.15. The van der Waals surface area contributed by atoms with Crippen LogP contribution in [0.1, 0.15) is 5.56 Å². The predicted molar refractivity (Wildman–Crippen MR) is 79.9 cm³/mol. The molecule has 0 heterocycles. The van der Waals surface area contributed by atoms with Crippen LogP contribution in [0.25, 0.3) is 0 Å². The third kappa shape index (κ3) is 4.05. The normalized spacial score (nSPS) is 11.1.